The number of aromatic nitrogens is 2. The third-order valence-corrected chi connectivity index (χ3v) is 4.30. The number of rotatable bonds is 8. The smallest absolute Gasteiger partial charge is 0.161 e. The molecule has 0 amide bonds. The van der Waals surface area contributed by atoms with Crippen LogP contribution >= 0.6 is 0 Å². The van der Waals surface area contributed by atoms with Gasteiger partial charge in [0, 0.05) is 12.1 Å². The quantitative estimate of drug-likeness (QED) is 0.559. The molecule has 1 rings (SSSR count). The maximum absolute atomic E-state index is 5.88. The molecule has 0 aliphatic carbocycles. The van der Waals surface area contributed by atoms with Crippen LogP contribution < -0.4 is 16.0 Å². The maximum atomic E-state index is 5.88. The fourth-order valence-electron chi connectivity index (χ4n) is 2.55. The van der Waals surface area contributed by atoms with Gasteiger partial charge < -0.3 is 9.64 Å². The Labute approximate surface area is 122 Å². The average molecular weight is 283 g/mol. The summed E-state index contributed by atoms with van der Waals surface area (Å²) in [6, 6.07) is -0.0634. The molecule has 6 nitrogen and oxygen atoms in total. The molecular weight excluding hydrogens is 254 g/mol. The highest BCUT2D eigenvalue weighted by Gasteiger charge is 2.39. The average Bonchev–Trinajstić information content (AvgIpc) is 2.82. The number of likely N-dealkylation sites (N-methyl/N-ethyl adjacent to an activating group) is 1. The first-order chi connectivity index (χ1) is 9.46. The molecule has 20 heavy (non-hydrogen) atoms. The monoisotopic (exact) mass is 283 g/mol. The Kier molecular flexibility index (Phi) is 5.98. The summed E-state index contributed by atoms with van der Waals surface area (Å²) in [5.74, 6) is 6.66. The summed E-state index contributed by atoms with van der Waals surface area (Å²) in [4.78, 5) is 2.19. The van der Waals surface area contributed by atoms with E-state index in [1.165, 1.54) is 0 Å². The summed E-state index contributed by atoms with van der Waals surface area (Å²) >= 11 is 0. The highest BCUT2D eigenvalue weighted by molar-refractivity contribution is 5.31. The van der Waals surface area contributed by atoms with Crippen LogP contribution in [0.5, 0.6) is 5.75 Å². The van der Waals surface area contributed by atoms with Gasteiger partial charge in [-0.3, -0.25) is 10.5 Å². The van der Waals surface area contributed by atoms with Crippen molar-refractivity contribution in [3.63, 3.8) is 0 Å². The van der Waals surface area contributed by atoms with Gasteiger partial charge in [0.2, 0.25) is 0 Å². The summed E-state index contributed by atoms with van der Waals surface area (Å²) in [6.45, 7) is 7.34. The standard InChI is InChI=1S/C14H29N5O/c1-7-9-19-12(11(20-6)10-16-19)13(17-15)14(3,8-2)18(4)5/h10,13,17H,7-9,15H2,1-6H3. The number of methoxy groups -OCH3 is 1. The molecule has 0 bridgehead atoms. The second-order valence-electron chi connectivity index (χ2n) is 5.53. The molecular formula is C14H29N5O. The molecule has 0 aliphatic rings. The van der Waals surface area contributed by atoms with Gasteiger partial charge in [0.1, 0.15) is 5.69 Å². The Bertz CT molecular complexity index is 418. The zero-order valence-corrected chi connectivity index (χ0v) is 13.6. The largest absolute Gasteiger partial charge is 0.493 e. The minimum atomic E-state index is -0.131. The van der Waals surface area contributed by atoms with Crippen LogP contribution in [-0.4, -0.2) is 41.4 Å². The molecule has 2 atom stereocenters. The highest BCUT2D eigenvalue weighted by atomic mass is 16.5. The van der Waals surface area contributed by atoms with Crippen molar-refractivity contribution in [2.75, 3.05) is 21.2 Å². The summed E-state index contributed by atoms with van der Waals surface area (Å²) in [5.41, 5.74) is 3.85. The minimum absolute atomic E-state index is 0.0634. The van der Waals surface area contributed by atoms with E-state index in [0.717, 1.165) is 30.8 Å². The number of hydrogen-bond donors (Lipinski definition) is 2. The van der Waals surface area contributed by atoms with E-state index in [9.17, 15) is 0 Å². The van der Waals surface area contributed by atoms with Crippen molar-refractivity contribution in [1.82, 2.24) is 20.1 Å². The Morgan fingerprint density at radius 2 is 2.15 bits per heavy atom. The van der Waals surface area contributed by atoms with E-state index < -0.39 is 0 Å². The van der Waals surface area contributed by atoms with Crippen LogP contribution in [0.1, 0.15) is 45.3 Å². The number of hydrazine groups is 1. The van der Waals surface area contributed by atoms with Gasteiger partial charge in [0.15, 0.2) is 5.75 Å². The predicted octanol–water partition coefficient (Wildman–Crippen LogP) is 1.54. The molecule has 1 heterocycles. The molecule has 6 heteroatoms. The third kappa shape index (κ3) is 2.97. The van der Waals surface area contributed by atoms with Crippen LogP contribution in [0.3, 0.4) is 0 Å². The fourth-order valence-corrected chi connectivity index (χ4v) is 2.55. The van der Waals surface area contributed by atoms with Gasteiger partial charge >= 0.3 is 0 Å². The van der Waals surface area contributed by atoms with Gasteiger partial charge in [0.05, 0.1) is 19.3 Å². The van der Waals surface area contributed by atoms with Gasteiger partial charge in [-0.05, 0) is 33.9 Å². The second-order valence-corrected chi connectivity index (χ2v) is 5.53. The van der Waals surface area contributed by atoms with Crippen molar-refractivity contribution in [3.05, 3.63) is 11.9 Å². The number of nitrogens with zero attached hydrogens (tertiary/aromatic N) is 3. The van der Waals surface area contributed by atoms with Crippen LogP contribution in [0.25, 0.3) is 0 Å². The number of ether oxygens (including phenoxy) is 1. The summed E-state index contributed by atoms with van der Waals surface area (Å²) in [7, 11) is 5.81. The topological polar surface area (TPSA) is 68.3 Å². The number of nitrogens with two attached hydrogens (primary N) is 1. The predicted molar refractivity (Wildman–Crippen MR) is 81.5 cm³/mol. The molecule has 0 saturated carbocycles. The van der Waals surface area contributed by atoms with Crippen molar-refractivity contribution in [2.24, 2.45) is 5.84 Å². The first-order valence-corrected chi connectivity index (χ1v) is 7.19. The van der Waals surface area contributed by atoms with Crippen molar-refractivity contribution < 1.29 is 4.74 Å². The van der Waals surface area contributed by atoms with Crippen molar-refractivity contribution >= 4 is 0 Å². The lowest BCUT2D eigenvalue weighted by Gasteiger charge is -2.42. The van der Waals surface area contributed by atoms with E-state index in [0.29, 0.717) is 0 Å². The second kappa shape index (κ2) is 7.06. The highest BCUT2D eigenvalue weighted by Crippen LogP contribution is 2.36. The molecule has 2 unspecified atom stereocenters. The molecule has 0 aromatic carbocycles. The van der Waals surface area contributed by atoms with Gasteiger partial charge in [-0.25, -0.2) is 5.43 Å². The first-order valence-electron chi connectivity index (χ1n) is 7.19. The Morgan fingerprint density at radius 1 is 1.50 bits per heavy atom. The number of hydrogen-bond acceptors (Lipinski definition) is 5. The van der Waals surface area contributed by atoms with Crippen LogP contribution in [0.15, 0.2) is 6.20 Å². The zero-order valence-electron chi connectivity index (χ0n) is 13.6. The zero-order chi connectivity index (χ0) is 15.3. The fraction of sp³-hybridized carbons (Fsp3) is 0.786. The normalized spacial score (nSPS) is 16.2. The summed E-state index contributed by atoms with van der Waals surface area (Å²) in [6.07, 6.45) is 3.73. The van der Waals surface area contributed by atoms with Crippen molar-refractivity contribution in [3.8, 4) is 5.75 Å². The van der Waals surface area contributed by atoms with E-state index in [4.69, 9.17) is 10.6 Å². The van der Waals surface area contributed by atoms with E-state index in [-0.39, 0.29) is 11.6 Å². The molecule has 0 aliphatic heterocycles. The van der Waals surface area contributed by atoms with Crippen LogP contribution in [0, 0.1) is 0 Å². The molecule has 0 radical (unpaired) electrons. The van der Waals surface area contributed by atoms with E-state index in [1.807, 2.05) is 4.68 Å². The van der Waals surface area contributed by atoms with E-state index in [1.54, 1.807) is 13.3 Å². The lowest BCUT2D eigenvalue weighted by Crippen LogP contribution is -2.53. The lowest BCUT2D eigenvalue weighted by molar-refractivity contribution is 0.106. The van der Waals surface area contributed by atoms with E-state index >= 15 is 0 Å². The van der Waals surface area contributed by atoms with Gasteiger partial charge in [0.25, 0.3) is 0 Å². The molecule has 0 saturated heterocycles. The van der Waals surface area contributed by atoms with Crippen LogP contribution in [0.2, 0.25) is 0 Å². The molecule has 3 N–H and O–H groups in total. The Hall–Kier alpha value is -1.11. The Balaban J connectivity index is 3.33. The SMILES string of the molecule is CCCn1ncc(OC)c1C(NN)C(C)(CC)N(C)C. The van der Waals surface area contributed by atoms with E-state index in [2.05, 4.69) is 50.3 Å². The molecule has 1 aromatic rings. The molecule has 0 spiro atoms. The minimum Gasteiger partial charge on any atom is -0.493 e. The summed E-state index contributed by atoms with van der Waals surface area (Å²) < 4.78 is 7.46. The van der Waals surface area contributed by atoms with Crippen LogP contribution in [0.4, 0.5) is 0 Å². The van der Waals surface area contributed by atoms with Crippen molar-refractivity contribution in [1.29, 1.82) is 0 Å². The molecule has 116 valence electrons. The Morgan fingerprint density at radius 3 is 2.55 bits per heavy atom. The van der Waals surface area contributed by atoms with Gasteiger partial charge in [-0.2, -0.15) is 5.10 Å². The maximum Gasteiger partial charge on any atom is 0.161 e. The van der Waals surface area contributed by atoms with Gasteiger partial charge in [-0.1, -0.05) is 13.8 Å². The number of aryl methyl sites for hydroxylation is 1. The molecule has 1 aromatic heterocycles. The first kappa shape index (κ1) is 16.9. The molecule has 0 fully saturated rings. The number of nitrogens with one attached hydrogen (secondary N) is 1. The third-order valence-electron chi connectivity index (χ3n) is 4.30. The van der Waals surface area contributed by atoms with Crippen molar-refractivity contribution in [2.45, 2.75) is 51.7 Å². The lowest BCUT2D eigenvalue weighted by atomic mass is 9.86. The van der Waals surface area contributed by atoms with Gasteiger partial charge in [-0.15, -0.1) is 0 Å². The summed E-state index contributed by atoms with van der Waals surface area (Å²) in [5, 5.41) is 4.43. The van der Waals surface area contributed by atoms with Crippen LogP contribution in [-0.2, 0) is 6.54 Å².